The number of benzene rings is 2. The molecule has 3 aromatic rings. The second kappa shape index (κ2) is 8.05. The number of hydrogen-bond acceptors (Lipinski definition) is 4. The molecule has 2 aromatic carbocycles. The largest absolute Gasteiger partial charge is 0.336 e. The van der Waals surface area contributed by atoms with E-state index in [0.717, 1.165) is 27.7 Å². The number of aryl methyl sites for hydroxylation is 2. The molecule has 0 unspecified atom stereocenters. The zero-order valence-corrected chi connectivity index (χ0v) is 16.7. The van der Waals surface area contributed by atoms with Gasteiger partial charge in [0, 0.05) is 37.3 Å². The van der Waals surface area contributed by atoms with Gasteiger partial charge in [-0.15, -0.1) is 0 Å². The molecule has 1 aromatic heterocycles. The number of H-pyrrole nitrogens is 1. The molecule has 150 valence electrons. The van der Waals surface area contributed by atoms with E-state index in [1.165, 1.54) is 0 Å². The minimum absolute atomic E-state index is 0.000475. The van der Waals surface area contributed by atoms with Crippen LogP contribution in [-0.2, 0) is 4.79 Å². The van der Waals surface area contributed by atoms with Crippen LogP contribution in [-0.4, -0.2) is 64.5 Å². The topological polar surface area (TPSA) is 81.3 Å². The molecule has 1 aliphatic heterocycles. The maximum Gasteiger partial charge on any atom is 0.256 e. The summed E-state index contributed by atoms with van der Waals surface area (Å²) in [6.07, 6.45) is 1.72. The molecule has 7 heteroatoms. The Hall–Kier alpha value is -3.19. The van der Waals surface area contributed by atoms with E-state index in [-0.39, 0.29) is 11.8 Å². The zero-order valence-electron chi connectivity index (χ0n) is 16.7. The summed E-state index contributed by atoms with van der Waals surface area (Å²) in [7, 11) is 0. The highest BCUT2D eigenvalue weighted by atomic mass is 16.2. The van der Waals surface area contributed by atoms with Gasteiger partial charge in [0.15, 0.2) is 0 Å². The quantitative estimate of drug-likeness (QED) is 0.716. The first-order valence-corrected chi connectivity index (χ1v) is 9.83. The van der Waals surface area contributed by atoms with Gasteiger partial charge in [0.05, 0.1) is 23.8 Å². The molecule has 7 nitrogen and oxygen atoms in total. The van der Waals surface area contributed by atoms with Crippen LogP contribution < -0.4 is 5.32 Å². The lowest BCUT2D eigenvalue weighted by Crippen LogP contribution is -2.50. The van der Waals surface area contributed by atoms with E-state index in [1.54, 1.807) is 6.20 Å². The molecule has 2 amide bonds. The normalized spacial score (nSPS) is 14.9. The van der Waals surface area contributed by atoms with Crippen LogP contribution in [0.2, 0.25) is 0 Å². The maximum absolute atomic E-state index is 12.9. The minimum Gasteiger partial charge on any atom is -0.336 e. The van der Waals surface area contributed by atoms with Crippen LogP contribution in [0.5, 0.6) is 0 Å². The first kappa shape index (κ1) is 19.1. The van der Waals surface area contributed by atoms with Gasteiger partial charge in [-0.3, -0.25) is 19.6 Å². The van der Waals surface area contributed by atoms with E-state index in [4.69, 9.17) is 0 Å². The Kier molecular flexibility index (Phi) is 5.31. The van der Waals surface area contributed by atoms with Gasteiger partial charge in [-0.2, -0.15) is 5.10 Å². The Bertz CT molecular complexity index is 1030. The van der Waals surface area contributed by atoms with E-state index in [1.807, 2.05) is 55.1 Å². The van der Waals surface area contributed by atoms with Crippen molar-refractivity contribution >= 4 is 28.4 Å². The van der Waals surface area contributed by atoms with E-state index < -0.39 is 0 Å². The van der Waals surface area contributed by atoms with Crippen molar-refractivity contribution in [3.63, 3.8) is 0 Å². The highest BCUT2D eigenvalue weighted by Crippen LogP contribution is 2.20. The van der Waals surface area contributed by atoms with Crippen LogP contribution in [0.1, 0.15) is 21.5 Å². The molecule has 2 heterocycles. The monoisotopic (exact) mass is 391 g/mol. The average Bonchev–Trinajstić information content (AvgIpc) is 3.20. The lowest BCUT2D eigenvalue weighted by Gasteiger charge is -2.34. The van der Waals surface area contributed by atoms with Gasteiger partial charge in [-0.1, -0.05) is 30.3 Å². The first-order valence-electron chi connectivity index (χ1n) is 9.83. The van der Waals surface area contributed by atoms with Gasteiger partial charge in [0.2, 0.25) is 5.91 Å². The lowest BCUT2D eigenvalue weighted by atomic mass is 10.1. The number of nitrogens with zero attached hydrogens (tertiary/aromatic N) is 3. The fourth-order valence-corrected chi connectivity index (χ4v) is 3.82. The summed E-state index contributed by atoms with van der Waals surface area (Å²) >= 11 is 0. The third kappa shape index (κ3) is 4.00. The summed E-state index contributed by atoms with van der Waals surface area (Å²) in [6, 6.07) is 11.6. The van der Waals surface area contributed by atoms with Gasteiger partial charge < -0.3 is 10.2 Å². The van der Waals surface area contributed by atoms with Gasteiger partial charge in [0.1, 0.15) is 0 Å². The maximum atomic E-state index is 12.9. The van der Waals surface area contributed by atoms with Crippen LogP contribution in [0.15, 0.2) is 42.6 Å². The second-order valence-electron chi connectivity index (χ2n) is 7.52. The van der Waals surface area contributed by atoms with Crippen molar-refractivity contribution in [2.75, 3.05) is 38.0 Å². The fraction of sp³-hybridized carbons (Fsp3) is 0.318. The molecule has 1 saturated heterocycles. The second-order valence-corrected chi connectivity index (χ2v) is 7.52. The Balaban J connectivity index is 1.34. The molecular formula is C22H25N5O2. The van der Waals surface area contributed by atoms with Crippen molar-refractivity contribution < 1.29 is 9.59 Å². The number of fused-ring (bicyclic) bond motifs is 1. The molecule has 0 radical (unpaired) electrons. The Morgan fingerprint density at radius 1 is 1.03 bits per heavy atom. The number of carbonyl (C=O) groups is 2. The average molecular weight is 391 g/mol. The smallest absolute Gasteiger partial charge is 0.256 e. The lowest BCUT2D eigenvalue weighted by molar-refractivity contribution is -0.117. The molecule has 0 saturated carbocycles. The van der Waals surface area contributed by atoms with Crippen molar-refractivity contribution in [1.29, 1.82) is 0 Å². The number of anilines is 1. The predicted molar refractivity (Wildman–Crippen MR) is 113 cm³/mol. The minimum atomic E-state index is -0.0237. The van der Waals surface area contributed by atoms with Crippen LogP contribution in [0.3, 0.4) is 0 Å². The molecule has 29 heavy (non-hydrogen) atoms. The number of amides is 2. The van der Waals surface area contributed by atoms with E-state index in [9.17, 15) is 9.59 Å². The standard InChI is InChI=1S/C22H25N5O2/c1-15-5-3-6-16(2)20(15)24-19(28)14-26-9-11-27(12-10-26)22(29)18-8-4-7-17-13-23-25-21(17)18/h3-8,13H,9-12,14H2,1-2H3,(H,23,25)(H,24,28). The van der Waals surface area contributed by atoms with Gasteiger partial charge in [-0.25, -0.2) is 0 Å². The Morgan fingerprint density at radius 2 is 1.72 bits per heavy atom. The number of rotatable bonds is 4. The number of carbonyl (C=O) groups excluding carboxylic acids is 2. The number of hydrogen-bond donors (Lipinski definition) is 2. The molecule has 0 spiro atoms. The summed E-state index contributed by atoms with van der Waals surface area (Å²) in [5.74, 6) is -0.0242. The highest BCUT2D eigenvalue weighted by molar-refractivity contribution is 6.05. The molecular weight excluding hydrogens is 366 g/mol. The van der Waals surface area contributed by atoms with Crippen molar-refractivity contribution in [3.8, 4) is 0 Å². The first-order chi connectivity index (χ1) is 14.0. The van der Waals surface area contributed by atoms with E-state index in [0.29, 0.717) is 38.3 Å². The van der Waals surface area contributed by atoms with Crippen LogP contribution in [0.25, 0.3) is 10.9 Å². The summed E-state index contributed by atoms with van der Waals surface area (Å²) in [5.41, 5.74) is 4.41. The molecule has 0 atom stereocenters. The van der Waals surface area contributed by atoms with Crippen molar-refractivity contribution in [2.24, 2.45) is 0 Å². The summed E-state index contributed by atoms with van der Waals surface area (Å²) < 4.78 is 0. The third-order valence-corrected chi connectivity index (χ3v) is 5.48. The SMILES string of the molecule is Cc1cccc(C)c1NC(=O)CN1CCN(C(=O)c2cccc3cn[nH]c23)CC1. The summed E-state index contributed by atoms with van der Waals surface area (Å²) in [4.78, 5) is 29.4. The predicted octanol–water partition coefficient (Wildman–Crippen LogP) is 2.58. The van der Waals surface area contributed by atoms with Crippen LogP contribution in [0.4, 0.5) is 5.69 Å². The zero-order chi connectivity index (χ0) is 20.4. The molecule has 4 rings (SSSR count). The fourth-order valence-electron chi connectivity index (χ4n) is 3.82. The Labute approximate surface area is 169 Å². The van der Waals surface area contributed by atoms with Crippen molar-refractivity contribution in [2.45, 2.75) is 13.8 Å². The van der Waals surface area contributed by atoms with Gasteiger partial charge in [-0.05, 0) is 31.0 Å². The van der Waals surface area contributed by atoms with Crippen LogP contribution >= 0.6 is 0 Å². The molecule has 0 bridgehead atoms. The van der Waals surface area contributed by atoms with Crippen molar-refractivity contribution in [1.82, 2.24) is 20.0 Å². The van der Waals surface area contributed by atoms with Crippen molar-refractivity contribution in [3.05, 3.63) is 59.3 Å². The molecule has 2 N–H and O–H groups in total. The summed E-state index contributed by atoms with van der Waals surface area (Å²) in [5, 5.41) is 10.9. The van der Waals surface area contributed by atoms with Gasteiger partial charge >= 0.3 is 0 Å². The highest BCUT2D eigenvalue weighted by Gasteiger charge is 2.25. The third-order valence-electron chi connectivity index (χ3n) is 5.48. The number of nitrogens with one attached hydrogen (secondary N) is 2. The number of aromatic amines is 1. The van der Waals surface area contributed by atoms with E-state index in [2.05, 4.69) is 20.4 Å². The Morgan fingerprint density at radius 3 is 2.45 bits per heavy atom. The summed E-state index contributed by atoms with van der Waals surface area (Å²) in [6.45, 7) is 6.85. The number of aromatic nitrogens is 2. The van der Waals surface area contributed by atoms with Crippen LogP contribution in [0, 0.1) is 13.8 Å². The molecule has 1 fully saturated rings. The molecule has 0 aliphatic carbocycles. The van der Waals surface area contributed by atoms with E-state index >= 15 is 0 Å². The number of piperazine rings is 1. The molecule has 1 aliphatic rings. The van der Waals surface area contributed by atoms with Gasteiger partial charge in [0.25, 0.3) is 5.91 Å². The number of para-hydroxylation sites is 2.